The molecular formula is C19H13ClN4O3. The summed E-state index contributed by atoms with van der Waals surface area (Å²) in [5.74, 6) is -0.478. The van der Waals surface area contributed by atoms with Crippen molar-refractivity contribution in [3.8, 4) is 0 Å². The smallest absolute Gasteiger partial charge is 0.288 e. The summed E-state index contributed by atoms with van der Waals surface area (Å²) in [7, 11) is 0. The van der Waals surface area contributed by atoms with Gasteiger partial charge in [-0.2, -0.15) is 10.2 Å². The second-order valence-corrected chi connectivity index (χ2v) is 5.87. The number of carbonyl (C=O) groups is 1. The van der Waals surface area contributed by atoms with Crippen LogP contribution in [0.5, 0.6) is 0 Å². The lowest BCUT2D eigenvalue weighted by atomic mass is 10.2. The molecular weight excluding hydrogens is 368 g/mol. The molecule has 0 heterocycles. The van der Waals surface area contributed by atoms with Gasteiger partial charge in [0.05, 0.1) is 16.3 Å². The van der Waals surface area contributed by atoms with Crippen molar-refractivity contribution in [2.24, 2.45) is 10.2 Å². The normalized spacial score (nSPS) is 10.7. The molecule has 0 radical (unpaired) electrons. The number of amides is 1. The highest BCUT2D eigenvalue weighted by atomic mass is 35.5. The van der Waals surface area contributed by atoms with E-state index in [-0.39, 0.29) is 16.3 Å². The fourth-order valence-corrected chi connectivity index (χ4v) is 2.41. The van der Waals surface area contributed by atoms with E-state index in [0.717, 1.165) is 11.8 Å². The maximum Gasteiger partial charge on any atom is 0.288 e. The molecule has 0 bridgehead atoms. The molecule has 7 nitrogen and oxygen atoms in total. The molecule has 0 aliphatic rings. The first-order valence-corrected chi connectivity index (χ1v) is 8.23. The van der Waals surface area contributed by atoms with Crippen molar-refractivity contribution in [2.75, 3.05) is 5.32 Å². The van der Waals surface area contributed by atoms with Crippen LogP contribution in [-0.2, 0) is 0 Å². The Morgan fingerprint density at radius 3 is 2.19 bits per heavy atom. The van der Waals surface area contributed by atoms with Crippen LogP contribution >= 0.6 is 11.6 Å². The quantitative estimate of drug-likeness (QED) is 0.338. The van der Waals surface area contributed by atoms with E-state index in [1.807, 2.05) is 30.3 Å². The molecule has 0 aliphatic carbocycles. The fourth-order valence-electron chi connectivity index (χ4n) is 2.22. The number of nitro benzene ring substituents is 1. The minimum absolute atomic E-state index is 0.0234. The number of nitrogens with one attached hydrogen (secondary N) is 1. The van der Waals surface area contributed by atoms with Gasteiger partial charge in [-0.25, -0.2) is 0 Å². The van der Waals surface area contributed by atoms with Gasteiger partial charge in [0.25, 0.3) is 11.6 Å². The monoisotopic (exact) mass is 380 g/mol. The van der Waals surface area contributed by atoms with Gasteiger partial charge in [0.1, 0.15) is 5.02 Å². The molecule has 0 saturated heterocycles. The fraction of sp³-hybridized carbons (Fsp3) is 0. The molecule has 0 aromatic heterocycles. The first-order chi connectivity index (χ1) is 13.0. The Hall–Kier alpha value is -3.58. The second kappa shape index (κ2) is 8.20. The van der Waals surface area contributed by atoms with E-state index in [9.17, 15) is 14.9 Å². The first kappa shape index (κ1) is 18.2. The largest absolute Gasteiger partial charge is 0.322 e. The predicted octanol–water partition coefficient (Wildman–Crippen LogP) is 5.92. The molecule has 8 heteroatoms. The van der Waals surface area contributed by atoms with Crippen LogP contribution in [0.15, 0.2) is 83.0 Å². The SMILES string of the molecule is O=C(Nc1ccc(N=Nc2ccccc2)cc1)c1ccc(Cl)c([N+](=O)[O-])c1. The van der Waals surface area contributed by atoms with Gasteiger partial charge in [0.15, 0.2) is 0 Å². The molecule has 27 heavy (non-hydrogen) atoms. The molecule has 1 amide bonds. The lowest BCUT2D eigenvalue weighted by Gasteiger charge is -2.06. The van der Waals surface area contributed by atoms with Crippen LogP contribution in [0.2, 0.25) is 5.02 Å². The van der Waals surface area contributed by atoms with Crippen molar-refractivity contribution in [3.05, 3.63) is 93.5 Å². The summed E-state index contributed by atoms with van der Waals surface area (Å²) in [6.07, 6.45) is 0. The summed E-state index contributed by atoms with van der Waals surface area (Å²) in [5.41, 5.74) is 1.70. The Morgan fingerprint density at radius 1 is 0.926 bits per heavy atom. The number of hydrogen-bond acceptors (Lipinski definition) is 5. The number of benzene rings is 3. The van der Waals surface area contributed by atoms with Crippen LogP contribution in [0, 0.1) is 10.1 Å². The number of hydrogen-bond donors (Lipinski definition) is 1. The van der Waals surface area contributed by atoms with Crippen LogP contribution in [0.4, 0.5) is 22.7 Å². The minimum Gasteiger partial charge on any atom is -0.322 e. The number of azo groups is 1. The Balaban J connectivity index is 1.69. The zero-order valence-corrected chi connectivity index (χ0v) is 14.6. The van der Waals surface area contributed by atoms with E-state index in [1.54, 1.807) is 24.3 Å². The van der Waals surface area contributed by atoms with Crippen molar-refractivity contribution in [1.82, 2.24) is 0 Å². The number of anilines is 1. The molecule has 3 aromatic carbocycles. The summed E-state index contributed by atoms with van der Waals surface area (Å²) >= 11 is 5.75. The van der Waals surface area contributed by atoms with Crippen LogP contribution in [0.1, 0.15) is 10.4 Å². The van der Waals surface area contributed by atoms with Gasteiger partial charge in [-0.05, 0) is 48.5 Å². The van der Waals surface area contributed by atoms with Gasteiger partial charge in [-0.15, -0.1) is 0 Å². The zero-order valence-electron chi connectivity index (χ0n) is 13.9. The van der Waals surface area contributed by atoms with Gasteiger partial charge < -0.3 is 5.32 Å². The molecule has 0 spiro atoms. The van der Waals surface area contributed by atoms with Crippen LogP contribution < -0.4 is 5.32 Å². The lowest BCUT2D eigenvalue weighted by molar-refractivity contribution is -0.384. The Labute approximate surface area is 159 Å². The van der Waals surface area contributed by atoms with E-state index in [0.29, 0.717) is 11.4 Å². The highest BCUT2D eigenvalue weighted by Gasteiger charge is 2.16. The summed E-state index contributed by atoms with van der Waals surface area (Å²) in [5, 5.41) is 21.8. The third kappa shape index (κ3) is 4.74. The van der Waals surface area contributed by atoms with Gasteiger partial charge in [0, 0.05) is 17.3 Å². The molecule has 0 aliphatic heterocycles. The average molecular weight is 381 g/mol. The van der Waals surface area contributed by atoms with Gasteiger partial charge in [-0.1, -0.05) is 29.8 Å². The lowest BCUT2D eigenvalue weighted by Crippen LogP contribution is -2.12. The molecule has 3 rings (SSSR count). The molecule has 0 fully saturated rings. The van der Waals surface area contributed by atoms with E-state index < -0.39 is 10.8 Å². The summed E-state index contributed by atoms with van der Waals surface area (Å²) < 4.78 is 0. The Morgan fingerprint density at radius 2 is 1.56 bits per heavy atom. The van der Waals surface area contributed by atoms with E-state index >= 15 is 0 Å². The highest BCUT2D eigenvalue weighted by molar-refractivity contribution is 6.32. The molecule has 0 unspecified atom stereocenters. The molecule has 134 valence electrons. The van der Waals surface area contributed by atoms with Crippen LogP contribution in [0.3, 0.4) is 0 Å². The van der Waals surface area contributed by atoms with Gasteiger partial charge >= 0.3 is 0 Å². The molecule has 0 atom stereocenters. The average Bonchev–Trinajstić information content (AvgIpc) is 2.68. The van der Waals surface area contributed by atoms with E-state index in [4.69, 9.17) is 11.6 Å². The van der Waals surface area contributed by atoms with Crippen LogP contribution in [0.25, 0.3) is 0 Å². The third-order valence-corrected chi connectivity index (χ3v) is 3.89. The Kier molecular flexibility index (Phi) is 5.53. The molecule has 0 saturated carbocycles. The summed E-state index contributed by atoms with van der Waals surface area (Å²) in [6.45, 7) is 0. The maximum absolute atomic E-state index is 12.3. The summed E-state index contributed by atoms with van der Waals surface area (Å²) in [6, 6.07) is 19.9. The van der Waals surface area contributed by atoms with Crippen molar-refractivity contribution in [1.29, 1.82) is 0 Å². The summed E-state index contributed by atoms with van der Waals surface area (Å²) in [4.78, 5) is 22.6. The predicted molar refractivity (Wildman–Crippen MR) is 103 cm³/mol. The standard InChI is InChI=1S/C19H13ClN4O3/c20-17-11-6-13(12-18(17)24(26)27)19(25)21-14-7-9-16(10-8-14)23-22-15-4-2-1-3-5-15/h1-12H,(H,21,25). The number of rotatable bonds is 5. The van der Waals surface area contributed by atoms with Crippen molar-refractivity contribution < 1.29 is 9.72 Å². The van der Waals surface area contributed by atoms with Crippen LogP contribution in [-0.4, -0.2) is 10.8 Å². The van der Waals surface area contributed by atoms with E-state index in [1.165, 1.54) is 12.1 Å². The van der Waals surface area contributed by atoms with Gasteiger partial charge in [-0.3, -0.25) is 14.9 Å². The minimum atomic E-state index is -0.633. The second-order valence-electron chi connectivity index (χ2n) is 5.46. The third-order valence-electron chi connectivity index (χ3n) is 3.57. The van der Waals surface area contributed by atoms with Crippen molar-refractivity contribution in [3.63, 3.8) is 0 Å². The topological polar surface area (TPSA) is 97.0 Å². The zero-order chi connectivity index (χ0) is 19.2. The van der Waals surface area contributed by atoms with E-state index in [2.05, 4.69) is 15.5 Å². The van der Waals surface area contributed by atoms with Crippen molar-refractivity contribution >= 4 is 40.3 Å². The molecule has 1 N–H and O–H groups in total. The van der Waals surface area contributed by atoms with Gasteiger partial charge in [0.2, 0.25) is 0 Å². The number of carbonyl (C=O) groups excluding carboxylic acids is 1. The number of halogens is 1. The maximum atomic E-state index is 12.3. The number of nitrogens with zero attached hydrogens (tertiary/aromatic N) is 3. The Bertz CT molecular complexity index is 1010. The number of nitro groups is 1. The molecule has 3 aromatic rings. The first-order valence-electron chi connectivity index (χ1n) is 7.85. The highest BCUT2D eigenvalue weighted by Crippen LogP contribution is 2.26. The van der Waals surface area contributed by atoms with Crippen molar-refractivity contribution in [2.45, 2.75) is 0 Å².